The Morgan fingerprint density at radius 3 is 2.26 bits per heavy atom. The van der Waals surface area contributed by atoms with Crippen molar-refractivity contribution in [2.75, 3.05) is 25.5 Å². The van der Waals surface area contributed by atoms with Crippen LogP contribution in [-0.2, 0) is 10.0 Å². The van der Waals surface area contributed by atoms with E-state index in [0.29, 0.717) is 23.9 Å². The van der Waals surface area contributed by atoms with E-state index in [1.807, 2.05) is 7.05 Å². The summed E-state index contributed by atoms with van der Waals surface area (Å²) in [4.78, 5) is 0.390. The number of nitrogens with zero attached hydrogens (tertiary/aromatic N) is 1. The summed E-state index contributed by atoms with van der Waals surface area (Å²) in [5.74, 6) is 0.679. The number of hydrogen-bond donors (Lipinski definition) is 1. The molecule has 106 valence electrons. The Morgan fingerprint density at radius 2 is 1.79 bits per heavy atom. The van der Waals surface area contributed by atoms with Crippen molar-refractivity contribution in [3.63, 3.8) is 0 Å². The lowest BCUT2D eigenvalue weighted by Crippen LogP contribution is -2.38. The number of hydrogen-bond acceptors (Lipinski definition) is 3. The molecule has 0 bridgehead atoms. The molecule has 0 amide bonds. The lowest BCUT2D eigenvalue weighted by Gasteiger charge is -2.30. The predicted molar refractivity (Wildman–Crippen MR) is 77.8 cm³/mol. The van der Waals surface area contributed by atoms with Gasteiger partial charge in [-0.25, -0.2) is 8.42 Å². The normalized spacial score (nSPS) is 18.4. The Kier molecular flexibility index (Phi) is 4.47. The highest BCUT2D eigenvalue weighted by molar-refractivity contribution is 7.89. The first-order valence-electron chi connectivity index (χ1n) is 6.86. The van der Waals surface area contributed by atoms with E-state index in [1.165, 1.54) is 0 Å². The van der Waals surface area contributed by atoms with Gasteiger partial charge in [-0.05, 0) is 43.0 Å². The Balaban J connectivity index is 2.13. The van der Waals surface area contributed by atoms with E-state index in [0.717, 1.165) is 24.9 Å². The van der Waals surface area contributed by atoms with Gasteiger partial charge in [0.1, 0.15) is 0 Å². The zero-order valence-electron chi connectivity index (χ0n) is 11.6. The molecule has 0 radical (unpaired) electrons. The standard InChI is InChI=1S/C14H22N2O2S/c1-3-12-8-10-16(11-9-12)19(17,18)14-6-4-13(15-2)5-7-14/h4-7,12,15H,3,8-11H2,1-2H3. The summed E-state index contributed by atoms with van der Waals surface area (Å²) in [6, 6.07) is 6.94. The Labute approximate surface area is 115 Å². The lowest BCUT2D eigenvalue weighted by molar-refractivity contribution is 0.269. The van der Waals surface area contributed by atoms with Gasteiger partial charge < -0.3 is 5.32 Å². The molecule has 1 aromatic carbocycles. The maximum atomic E-state index is 12.5. The van der Waals surface area contributed by atoms with Crippen LogP contribution < -0.4 is 5.32 Å². The van der Waals surface area contributed by atoms with Crippen molar-refractivity contribution >= 4 is 15.7 Å². The van der Waals surface area contributed by atoms with Gasteiger partial charge in [-0.2, -0.15) is 4.31 Å². The topological polar surface area (TPSA) is 49.4 Å². The first-order chi connectivity index (χ1) is 9.07. The first-order valence-corrected chi connectivity index (χ1v) is 8.30. The van der Waals surface area contributed by atoms with Crippen LogP contribution in [-0.4, -0.2) is 32.9 Å². The third kappa shape index (κ3) is 3.09. The van der Waals surface area contributed by atoms with Gasteiger partial charge in [-0.3, -0.25) is 0 Å². The van der Waals surface area contributed by atoms with E-state index in [-0.39, 0.29) is 0 Å². The molecule has 1 aliphatic heterocycles. The summed E-state index contributed by atoms with van der Waals surface area (Å²) in [5, 5.41) is 2.99. The van der Waals surface area contributed by atoms with E-state index in [2.05, 4.69) is 12.2 Å². The van der Waals surface area contributed by atoms with Crippen molar-refractivity contribution in [1.29, 1.82) is 0 Å². The molecule has 0 unspecified atom stereocenters. The number of anilines is 1. The van der Waals surface area contributed by atoms with Crippen molar-refractivity contribution < 1.29 is 8.42 Å². The SMILES string of the molecule is CCC1CCN(S(=O)(=O)c2ccc(NC)cc2)CC1. The van der Waals surface area contributed by atoms with E-state index < -0.39 is 10.0 Å². The second-order valence-electron chi connectivity index (χ2n) is 5.03. The summed E-state index contributed by atoms with van der Waals surface area (Å²) in [6.45, 7) is 3.47. The minimum atomic E-state index is -3.31. The number of benzene rings is 1. The highest BCUT2D eigenvalue weighted by atomic mass is 32.2. The molecule has 2 rings (SSSR count). The summed E-state index contributed by atoms with van der Waals surface area (Å²) >= 11 is 0. The highest BCUT2D eigenvalue weighted by Gasteiger charge is 2.28. The van der Waals surface area contributed by atoms with Crippen LogP contribution in [0, 0.1) is 5.92 Å². The van der Waals surface area contributed by atoms with Crippen molar-refractivity contribution in [3.05, 3.63) is 24.3 Å². The summed E-state index contributed by atoms with van der Waals surface area (Å²) in [7, 11) is -1.49. The second-order valence-corrected chi connectivity index (χ2v) is 6.97. The monoisotopic (exact) mass is 282 g/mol. The van der Waals surface area contributed by atoms with Crippen LogP contribution in [0.2, 0.25) is 0 Å². The Morgan fingerprint density at radius 1 is 1.21 bits per heavy atom. The van der Waals surface area contributed by atoms with E-state index >= 15 is 0 Å². The van der Waals surface area contributed by atoms with Crippen LogP contribution in [0.3, 0.4) is 0 Å². The number of nitrogens with one attached hydrogen (secondary N) is 1. The first kappa shape index (κ1) is 14.3. The zero-order valence-corrected chi connectivity index (χ0v) is 12.4. The van der Waals surface area contributed by atoms with Crippen molar-refractivity contribution in [2.45, 2.75) is 31.1 Å². The van der Waals surface area contributed by atoms with Gasteiger partial charge in [0.05, 0.1) is 4.90 Å². The van der Waals surface area contributed by atoms with Gasteiger partial charge >= 0.3 is 0 Å². The predicted octanol–water partition coefficient (Wildman–Crippen LogP) is 2.54. The lowest BCUT2D eigenvalue weighted by atomic mass is 9.96. The van der Waals surface area contributed by atoms with Crippen LogP contribution >= 0.6 is 0 Å². The summed E-state index contributed by atoms with van der Waals surface area (Å²) in [5.41, 5.74) is 0.920. The molecular weight excluding hydrogens is 260 g/mol. The molecule has 0 atom stereocenters. The molecule has 1 fully saturated rings. The Bertz CT molecular complexity index is 503. The molecule has 0 saturated carbocycles. The van der Waals surface area contributed by atoms with Crippen molar-refractivity contribution in [1.82, 2.24) is 4.31 Å². The molecule has 19 heavy (non-hydrogen) atoms. The highest BCUT2D eigenvalue weighted by Crippen LogP contribution is 2.25. The van der Waals surface area contributed by atoms with E-state index in [4.69, 9.17) is 0 Å². The molecule has 1 heterocycles. The van der Waals surface area contributed by atoms with Gasteiger partial charge in [0, 0.05) is 25.8 Å². The number of piperidine rings is 1. The van der Waals surface area contributed by atoms with Gasteiger partial charge in [-0.15, -0.1) is 0 Å². The minimum absolute atomic E-state index is 0.390. The largest absolute Gasteiger partial charge is 0.388 e. The Hall–Kier alpha value is -1.07. The molecule has 0 aromatic heterocycles. The van der Waals surface area contributed by atoms with Gasteiger partial charge in [0.15, 0.2) is 0 Å². The summed E-state index contributed by atoms with van der Waals surface area (Å²) < 4.78 is 26.6. The van der Waals surface area contributed by atoms with Crippen LogP contribution in [0.15, 0.2) is 29.2 Å². The van der Waals surface area contributed by atoms with E-state index in [1.54, 1.807) is 28.6 Å². The molecule has 5 heteroatoms. The average molecular weight is 282 g/mol. The van der Waals surface area contributed by atoms with Crippen LogP contribution in [0.4, 0.5) is 5.69 Å². The molecule has 1 N–H and O–H groups in total. The van der Waals surface area contributed by atoms with Crippen LogP contribution in [0.5, 0.6) is 0 Å². The molecule has 0 aliphatic carbocycles. The third-order valence-electron chi connectivity index (χ3n) is 3.93. The molecule has 1 aliphatic rings. The van der Waals surface area contributed by atoms with E-state index in [9.17, 15) is 8.42 Å². The number of sulfonamides is 1. The third-order valence-corrected chi connectivity index (χ3v) is 5.84. The molecule has 1 aromatic rings. The van der Waals surface area contributed by atoms with Crippen molar-refractivity contribution in [2.24, 2.45) is 5.92 Å². The van der Waals surface area contributed by atoms with Gasteiger partial charge in [-0.1, -0.05) is 13.3 Å². The molecule has 1 saturated heterocycles. The van der Waals surface area contributed by atoms with Gasteiger partial charge in [0.2, 0.25) is 10.0 Å². The number of rotatable bonds is 4. The smallest absolute Gasteiger partial charge is 0.243 e. The summed E-state index contributed by atoms with van der Waals surface area (Å²) in [6.07, 6.45) is 3.10. The fraction of sp³-hybridized carbons (Fsp3) is 0.571. The minimum Gasteiger partial charge on any atom is -0.388 e. The van der Waals surface area contributed by atoms with Crippen LogP contribution in [0.25, 0.3) is 0 Å². The van der Waals surface area contributed by atoms with Crippen molar-refractivity contribution in [3.8, 4) is 0 Å². The fourth-order valence-corrected chi connectivity index (χ4v) is 3.97. The maximum Gasteiger partial charge on any atom is 0.243 e. The quantitative estimate of drug-likeness (QED) is 0.923. The molecular formula is C14H22N2O2S. The molecule has 4 nitrogen and oxygen atoms in total. The van der Waals surface area contributed by atoms with Crippen LogP contribution in [0.1, 0.15) is 26.2 Å². The second kappa shape index (κ2) is 5.92. The maximum absolute atomic E-state index is 12.5. The zero-order chi connectivity index (χ0) is 13.9. The fourth-order valence-electron chi connectivity index (χ4n) is 2.50. The molecule has 0 spiro atoms. The van der Waals surface area contributed by atoms with Gasteiger partial charge in [0.25, 0.3) is 0 Å². The average Bonchev–Trinajstić information content (AvgIpc) is 2.47.